The van der Waals surface area contributed by atoms with Gasteiger partial charge in [-0.1, -0.05) is 31.9 Å². The number of carbonyl (C=O) groups is 2. The molecule has 1 fully saturated rings. The maximum atomic E-state index is 15.1. The van der Waals surface area contributed by atoms with Crippen molar-refractivity contribution in [3.8, 4) is 0 Å². The van der Waals surface area contributed by atoms with Crippen molar-refractivity contribution < 1.29 is 42.6 Å². The Kier molecular flexibility index (Phi) is 11.9. The van der Waals surface area contributed by atoms with Crippen LogP contribution in [0.2, 0.25) is 0 Å². The van der Waals surface area contributed by atoms with E-state index in [1.807, 2.05) is 13.8 Å². The normalized spacial score (nSPS) is 22.5. The van der Waals surface area contributed by atoms with Crippen LogP contribution in [0.5, 0.6) is 0 Å². The quantitative estimate of drug-likeness (QED) is 0.120. The van der Waals surface area contributed by atoms with Crippen molar-refractivity contribution in [2.75, 3.05) is 25.3 Å². The number of hydrogen-bond donors (Lipinski definition) is 4. The van der Waals surface area contributed by atoms with Gasteiger partial charge in [-0.05, 0) is 26.7 Å². The fraction of sp³-hybridized carbons (Fsp3) is 0.739. The van der Waals surface area contributed by atoms with E-state index in [0.29, 0.717) is 12.8 Å². The van der Waals surface area contributed by atoms with E-state index in [9.17, 15) is 19.3 Å². The average Bonchev–Trinajstić information content (AvgIpc) is 3.49. The maximum Gasteiger partial charge on any atom is 0.323 e. The summed E-state index contributed by atoms with van der Waals surface area (Å²) >= 11 is 0. The highest BCUT2D eigenvalue weighted by atomic mass is 31.2. The highest BCUT2D eigenvalue weighted by Gasteiger charge is 2.48. The first-order valence-electron chi connectivity index (χ1n) is 13.4. The molecule has 41 heavy (non-hydrogen) atoms. The van der Waals surface area contributed by atoms with Gasteiger partial charge >= 0.3 is 11.9 Å². The molecule has 0 saturated carbocycles. The Morgan fingerprint density at radius 3 is 2.29 bits per heavy atom. The van der Waals surface area contributed by atoms with Gasteiger partial charge in [0, 0.05) is 0 Å². The molecule has 0 radical (unpaired) electrons. The molecular formula is C23H38FN8O8P. The minimum atomic E-state index is -3.97. The number of carbonyl (C=O) groups excluding carboxylic acids is 2. The van der Waals surface area contributed by atoms with E-state index in [4.69, 9.17) is 24.7 Å². The summed E-state index contributed by atoms with van der Waals surface area (Å²) in [5.41, 5.74) is 5.98. The van der Waals surface area contributed by atoms with Crippen molar-refractivity contribution in [2.45, 2.75) is 90.3 Å². The molecule has 0 amide bonds. The van der Waals surface area contributed by atoms with Crippen LogP contribution in [0.25, 0.3) is 11.2 Å². The van der Waals surface area contributed by atoms with Crippen LogP contribution in [0, 0.1) is 0 Å². The Balaban J connectivity index is 1.73. The van der Waals surface area contributed by atoms with Crippen LogP contribution < -0.4 is 15.9 Å². The number of nitrogens with zero attached hydrogens (tertiary/aromatic N) is 5. The van der Waals surface area contributed by atoms with Crippen LogP contribution in [-0.2, 0) is 33.1 Å². The lowest BCUT2D eigenvalue weighted by Crippen LogP contribution is -2.43. The second-order valence-electron chi connectivity index (χ2n) is 9.57. The summed E-state index contributed by atoms with van der Waals surface area (Å²) in [4.78, 5) is 32.7. The number of rotatable bonds is 16. The van der Waals surface area contributed by atoms with E-state index >= 15 is 4.39 Å². The van der Waals surface area contributed by atoms with Gasteiger partial charge in [0.05, 0.1) is 13.2 Å². The molecule has 0 aliphatic carbocycles. The van der Waals surface area contributed by atoms with Gasteiger partial charge in [-0.2, -0.15) is 4.68 Å². The summed E-state index contributed by atoms with van der Waals surface area (Å²) < 4.78 is 51.5. The van der Waals surface area contributed by atoms with Crippen LogP contribution in [0.3, 0.4) is 0 Å². The Hall–Kier alpha value is -2.82. The van der Waals surface area contributed by atoms with Crippen molar-refractivity contribution in [1.82, 2.24) is 35.1 Å². The first kappa shape index (κ1) is 32.7. The van der Waals surface area contributed by atoms with E-state index in [-0.39, 0.29) is 30.2 Å². The van der Waals surface area contributed by atoms with E-state index in [2.05, 4.69) is 30.5 Å². The molecule has 1 aliphatic rings. The molecule has 6 atom stereocenters. The topological polar surface area (TPSA) is 215 Å². The lowest BCUT2D eigenvalue weighted by Gasteiger charge is -2.27. The summed E-state index contributed by atoms with van der Waals surface area (Å²) in [6.45, 7) is 7.10. The Labute approximate surface area is 236 Å². The fourth-order valence-corrected chi connectivity index (χ4v) is 5.85. The first-order valence-corrected chi connectivity index (χ1v) is 15.3. The summed E-state index contributed by atoms with van der Waals surface area (Å²) in [6, 6.07) is -2.15. The molecule has 3 rings (SSSR count). The van der Waals surface area contributed by atoms with Crippen LogP contribution >= 0.6 is 7.44 Å². The molecule has 5 N–H and O–H groups in total. The number of nitrogen functional groups attached to an aromatic ring is 1. The summed E-state index contributed by atoms with van der Waals surface area (Å²) in [5, 5.41) is 23.5. The number of halogens is 1. The second-order valence-corrected chi connectivity index (χ2v) is 11.8. The number of alkyl halides is 1. The zero-order valence-corrected chi connectivity index (χ0v) is 24.3. The Morgan fingerprint density at radius 2 is 1.73 bits per heavy atom. The molecule has 2 aromatic heterocycles. The second kappa shape index (κ2) is 14.9. The van der Waals surface area contributed by atoms with Crippen molar-refractivity contribution in [1.29, 1.82) is 0 Å². The smallest absolute Gasteiger partial charge is 0.323 e. The van der Waals surface area contributed by atoms with E-state index in [1.54, 1.807) is 0 Å². The molecule has 230 valence electrons. The number of unbranched alkanes of at least 4 members (excludes halogenated alkanes) is 2. The number of aliphatic hydroxyl groups excluding tert-OH is 1. The number of nitrogens with one attached hydrogen (secondary N) is 2. The molecule has 1 aliphatic heterocycles. The molecule has 0 spiro atoms. The molecule has 2 aromatic rings. The summed E-state index contributed by atoms with van der Waals surface area (Å²) in [7, 11) is -3.97. The van der Waals surface area contributed by atoms with Gasteiger partial charge in [0.2, 0.25) is 7.44 Å². The van der Waals surface area contributed by atoms with E-state index < -0.39 is 62.6 Å². The van der Waals surface area contributed by atoms with Gasteiger partial charge in [0.15, 0.2) is 35.7 Å². The molecule has 0 bridgehead atoms. The van der Waals surface area contributed by atoms with E-state index in [0.717, 1.165) is 23.9 Å². The van der Waals surface area contributed by atoms with Crippen LogP contribution in [0.1, 0.15) is 59.6 Å². The van der Waals surface area contributed by atoms with E-state index in [1.165, 1.54) is 13.8 Å². The Morgan fingerprint density at radius 1 is 1.15 bits per heavy atom. The lowest BCUT2D eigenvalue weighted by atomic mass is 10.2. The van der Waals surface area contributed by atoms with Crippen LogP contribution in [0.4, 0.5) is 10.2 Å². The molecule has 0 unspecified atom stereocenters. The first-order chi connectivity index (χ1) is 19.5. The maximum absolute atomic E-state index is 15.1. The zero-order chi connectivity index (χ0) is 30.2. The minimum Gasteiger partial charge on any atom is -0.465 e. The third-order valence-corrected chi connectivity index (χ3v) is 8.22. The third kappa shape index (κ3) is 8.36. The predicted molar refractivity (Wildman–Crippen MR) is 143 cm³/mol. The van der Waals surface area contributed by atoms with Crippen molar-refractivity contribution in [3.05, 3.63) is 6.33 Å². The molecule has 16 nitrogen and oxygen atoms in total. The van der Waals surface area contributed by atoms with Gasteiger partial charge in [-0.3, -0.25) is 14.2 Å². The number of anilines is 1. The van der Waals surface area contributed by atoms with Crippen molar-refractivity contribution in [2.24, 2.45) is 0 Å². The number of aliphatic hydroxyl groups is 1. The zero-order valence-electron chi connectivity index (χ0n) is 23.4. The standard InChI is InChI=1S/C23H38FN8O8P/c1-5-7-9-37-21(34)13(3)29-41(36,30-14(4)22(35)38-10-8-6-2)12-39-23-15(24)17(33)20(40-23)32-19-16(28-31-32)18(25)26-11-27-19/h11,13-15,17,20,23,33H,5-10,12H2,1-4H3,(H2,25,26,27)(H2,29,30,36)/t13-,14-,15-,17+,20+,23-/m0/s1. The molecular weight excluding hydrogens is 566 g/mol. The lowest BCUT2D eigenvalue weighted by molar-refractivity contribution is -0.159. The predicted octanol–water partition coefficient (Wildman–Crippen LogP) is 1.17. The number of nitrogens with two attached hydrogens (primary N) is 1. The average molecular weight is 605 g/mol. The van der Waals surface area contributed by atoms with Gasteiger partial charge in [0.1, 0.15) is 30.9 Å². The van der Waals surface area contributed by atoms with Gasteiger partial charge in [-0.15, -0.1) is 5.10 Å². The van der Waals surface area contributed by atoms with Gasteiger partial charge < -0.3 is 29.8 Å². The molecule has 18 heteroatoms. The van der Waals surface area contributed by atoms with Gasteiger partial charge in [-0.25, -0.2) is 24.5 Å². The minimum absolute atomic E-state index is 0.0288. The summed E-state index contributed by atoms with van der Waals surface area (Å²) in [6.07, 6.45) is -3.63. The molecule has 0 aromatic carbocycles. The molecule has 3 heterocycles. The number of aromatic nitrogens is 5. The van der Waals surface area contributed by atoms with Crippen molar-refractivity contribution in [3.63, 3.8) is 0 Å². The largest absolute Gasteiger partial charge is 0.465 e. The van der Waals surface area contributed by atoms with Crippen molar-refractivity contribution >= 4 is 36.4 Å². The fourth-order valence-electron chi connectivity index (χ4n) is 3.80. The highest BCUT2D eigenvalue weighted by molar-refractivity contribution is 7.59. The number of ether oxygens (including phenoxy) is 4. The molecule has 1 saturated heterocycles. The van der Waals surface area contributed by atoms with Crippen LogP contribution in [-0.4, -0.2) is 92.2 Å². The third-order valence-electron chi connectivity index (χ3n) is 6.10. The highest BCUT2D eigenvalue weighted by Crippen LogP contribution is 2.41. The number of fused-ring (bicyclic) bond motifs is 1. The SMILES string of the molecule is CCCCOC(=O)[C@H](C)NP(=O)(CO[C@H]1O[C@@H](n2nnc3c(N)ncnc32)[C@H](O)[C@@H]1F)N[C@@H](C)C(=O)OCCCC. The summed E-state index contributed by atoms with van der Waals surface area (Å²) in [5.74, 6) is -1.32. The number of hydrogen-bond acceptors (Lipinski definition) is 13. The Bertz CT molecular complexity index is 1190. The van der Waals surface area contributed by atoms with Gasteiger partial charge in [0.25, 0.3) is 0 Å². The van der Waals surface area contributed by atoms with Crippen LogP contribution in [0.15, 0.2) is 6.33 Å². The monoisotopic (exact) mass is 604 g/mol. The number of esters is 2.